The van der Waals surface area contributed by atoms with Gasteiger partial charge in [0.1, 0.15) is 12.7 Å². The van der Waals surface area contributed by atoms with Gasteiger partial charge in [0, 0.05) is 38.9 Å². The van der Waals surface area contributed by atoms with Crippen molar-refractivity contribution in [2.24, 2.45) is 0 Å². The van der Waals surface area contributed by atoms with Crippen molar-refractivity contribution in [3.8, 4) is 11.5 Å². The summed E-state index contributed by atoms with van der Waals surface area (Å²) in [5.41, 5.74) is 0.903. The minimum absolute atomic E-state index is 0.0266. The Morgan fingerprint density at radius 3 is 1.87 bits per heavy atom. The second-order valence-electron chi connectivity index (χ2n) is 9.80. The van der Waals surface area contributed by atoms with Gasteiger partial charge in [-0.15, -0.1) is 0 Å². The second-order valence-corrected chi connectivity index (χ2v) is 9.80. The topological polar surface area (TPSA) is 188 Å². The maximum Gasteiger partial charge on any atom is 0.338 e. The molecule has 2 aromatic carbocycles. The standard InChI is InChI=1S/C31H35NO14/c1-7-40-30(38)20-8-11-22(12-9-20)32-29(37)21-10-13-23(24(14-21)39-6)45-31-28(44-19(5)36)27(43-18(4)35)26(42-17(3)34)25(46-31)15-41-16(2)33/h8-14,25-28,31H,7,15H2,1-6H3,(H,32,37)/t25-,26+,27+,28-,31+/m0/s1. The molecule has 1 heterocycles. The first-order valence-electron chi connectivity index (χ1n) is 14.1. The highest BCUT2D eigenvalue weighted by Gasteiger charge is 2.53. The van der Waals surface area contributed by atoms with Gasteiger partial charge in [0.05, 0.1) is 19.3 Å². The molecule has 1 fully saturated rings. The molecule has 15 heteroatoms. The molecule has 0 bridgehead atoms. The molecular weight excluding hydrogens is 610 g/mol. The van der Waals surface area contributed by atoms with E-state index in [4.69, 9.17) is 37.9 Å². The van der Waals surface area contributed by atoms with E-state index >= 15 is 0 Å². The molecule has 15 nitrogen and oxygen atoms in total. The van der Waals surface area contributed by atoms with Gasteiger partial charge in [-0.05, 0) is 49.4 Å². The van der Waals surface area contributed by atoms with E-state index in [1.54, 1.807) is 19.1 Å². The van der Waals surface area contributed by atoms with E-state index in [0.29, 0.717) is 11.3 Å². The Balaban J connectivity index is 1.90. The number of benzene rings is 2. The van der Waals surface area contributed by atoms with E-state index in [0.717, 1.165) is 27.7 Å². The molecule has 0 saturated carbocycles. The van der Waals surface area contributed by atoms with Crippen LogP contribution in [0.1, 0.15) is 55.3 Å². The van der Waals surface area contributed by atoms with Gasteiger partial charge in [0.15, 0.2) is 23.7 Å². The molecule has 0 aromatic heterocycles. The first kappa shape index (κ1) is 35.3. The number of methoxy groups -OCH3 is 1. The Labute approximate surface area is 264 Å². The van der Waals surface area contributed by atoms with E-state index in [9.17, 15) is 28.8 Å². The number of esters is 5. The zero-order valence-corrected chi connectivity index (χ0v) is 26.1. The summed E-state index contributed by atoms with van der Waals surface area (Å²) in [5, 5.41) is 2.71. The van der Waals surface area contributed by atoms with Gasteiger partial charge in [-0.2, -0.15) is 0 Å². The average Bonchev–Trinajstić information content (AvgIpc) is 2.99. The van der Waals surface area contributed by atoms with Crippen LogP contribution in [0.15, 0.2) is 42.5 Å². The summed E-state index contributed by atoms with van der Waals surface area (Å²) < 4.78 is 43.6. The number of hydrogen-bond donors (Lipinski definition) is 1. The molecule has 0 spiro atoms. The molecule has 0 radical (unpaired) electrons. The van der Waals surface area contributed by atoms with Gasteiger partial charge in [0.25, 0.3) is 5.91 Å². The van der Waals surface area contributed by atoms with Crippen LogP contribution in [0.3, 0.4) is 0 Å². The van der Waals surface area contributed by atoms with Crippen LogP contribution in [0, 0.1) is 0 Å². The van der Waals surface area contributed by atoms with Crippen LogP contribution in [-0.4, -0.2) is 86.8 Å². The van der Waals surface area contributed by atoms with Gasteiger partial charge in [-0.1, -0.05) is 0 Å². The SMILES string of the molecule is CCOC(=O)c1ccc(NC(=O)c2ccc(O[C@@H]3O[C@@H](COC(C)=O)[C@@H](OC(C)=O)[C@@H](OC(C)=O)[C@@H]3OC(C)=O)c(OC)c2)cc1. The van der Waals surface area contributed by atoms with E-state index in [-0.39, 0.29) is 23.7 Å². The number of ether oxygens (including phenoxy) is 8. The fourth-order valence-corrected chi connectivity index (χ4v) is 4.42. The van der Waals surface area contributed by atoms with Crippen molar-refractivity contribution < 1.29 is 66.7 Å². The summed E-state index contributed by atoms with van der Waals surface area (Å²) in [6.45, 7) is 5.96. The molecule has 1 N–H and O–H groups in total. The lowest BCUT2D eigenvalue weighted by Gasteiger charge is -2.44. The lowest BCUT2D eigenvalue weighted by atomic mass is 9.98. The van der Waals surface area contributed by atoms with Crippen LogP contribution in [0.5, 0.6) is 11.5 Å². The largest absolute Gasteiger partial charge is 0.493 e. The van der Waals surface area contributed by atoms with Gasteiger partial charge in [-0.25, -0.2) is 4.79 Å². The Morgan fingerprint density at radius 1 is 0.717 bits per heavy atom. The first-order valence-corrected chi connectivity index (χ1v) is 14.1. The maximum atomic E-state index is 13.0. The Morgan fingerprint density at radius 2 is 1.30 bits per heavy atom. The summed E-state index contributed by atoms with van der Waals surface area (Å²) >= 11 is 0. The number of nitrogens with one attached hydrogen (secondary N) is 1. The Bertz CT molecular complexity index is 1440. The molecule has 1 amide bonds. The van der Waals surface area contributed by atoms with E-state index in [2.05, 4.69) is 5.32 Å². The summed E-state index contributed by atoms with van der Waals surface area (Å²) in [7, 11) is 1.32. The minimum atomic E-state index is -1.51. The predicted octanol–water partition coefficient (Wildman–Crippen LogP) is 2.59. The Kier molecular flexibility index (Phi) is 12.4. The minimum Gasteiger partial charge on any atom is -0.493 e. The van der Waals surface area contributed by atoms with E-state index in [1.807, 2.05) is 0 Å². The van der Waals surface area contributed by atoms with Crippen LogP contribution in [0.25, 0.3) is 0 Å². The van der Waals surface area contributed by atoms with Crippen molar-refractivity contribution in [1.29, 1.82) is 0 Å². The van der Waals surface area contributed by atoms with Crippen molar-refractivity contribution in [1.82, 2.24) is 0 Å². The zero-order chi connectivity index (χ0) is 34.0. The van der Waals surface area contributed by atoms with Crippen LogP contribution in [0.2, 0.25) is 0 Å². The summed E-state index contributed by atoms with van der Waals surface area (Å²) in [6, 6.07) is 10.3. The number of carbonyl (C=O) groups excluding carboxylic acids is 6. The molecule has 1 aliphatic heterocycles. The predicted molar refractivity (Wildman–Crippen MR) is 156 cm³/mol. The Hall–Kier alpha value is -5.18. The molecule has 0 aliphatic carbocycles. The highest BCUT2D eigenvalue weighted by molar-refractivity contribution is 6.05. The number of amides is 1. The fraction of sp³-hybridized carbons (Fsp3) is 0.419. The lowest BCUT2D eigenvalue weighted by Crippen LogP contribution is -2.63. The molecule has 248 valence electrons. The zero-order valence-electron chi connectivity index (χ0n) is 26.1. The first-order chi connectivity index (χ1) is 21.8. The highest BCUT2D eigenvalue weighted by atomic mass is 16.7. The smallest absolute Gasteiger partial charge is 0.338 e. The summed E-state index contributed by atoms with van der Waals surface area (Å²) in [5.74, 6) is -3.94. The molecule has 5 atom stereocenters. The van der Waals surface area contributed by atoms with Gasteiger partial charge in [0.2, 0.25) is 12.4 Å². The quantitative estimate of drug-likeness (QED) is 0.262. The van der Waals surface area contributed by atoms with Crippen molar-refractivity contribution in [2.45, 2.75) is 65.3 Å². The van der Waals surface area contributed by atoms with E-state index in [1.165, 1.54) is 37.4 Å². The number of hydrogen-bond acceptors (Lipinski definition) is 14. The third-order valence-electron chi connectivity index (χ3n) is 6.27. The monoisotopic (exact) mass is 645 g/mol. The summed E-state index contributed by atoms with van der Waals surface area (Å²) in [4.78, 5) is 72.6. The van der Waals surface area contributed by atoms with E-state index < -0.39 is 73.1 Å². The number of rotatable bonds is 12. The van der Waals surface area contributed by atoms with Crippen LogP contribution >= 0.6 is 0 Å². The highest BCUT2D eigenvalue weighted by Crippen LogP contribution is 2.35. The van der Waals surface area contributed by atoms with Gasteiger partial charge >= 0.3 is 29.8 Å². The second kappa shape index (κ2) is 16.2. The lowest BCUT2D eigenvalue weighted by molar-refractivity contribution is -0.288. The summed E-state index contributed by atoms with van der Waals surface area (Å²) in [6.07, 6.45) is -6.99. The van der Waals surface area contributed by atoms with Gasteiger partial charge < -0.3 is 43.2 Å². The molecule has 2 aromatic rings. The number of anilines is 1. The van der Waals surface area contributed by atoms with Gasteiger partial charge in [-0.3, -0.25) is 24.0 Å². The number of carbonyl (C=O) groups is 6. The molecular formula is C31H35NO14. The molecule has 1 aliphatic rings. The average molecular weight is 646 g/mol. The van der Waals surface area contributed by atoms with Crippen molar-refractivity contribution in [3.63, 3.8) is 0 Å². The van der Waals surface area contributed by atoms with Crippen LogP contribution in [-0.2, 0) is 47.6 Å². The third kappa shape index (κ3) is 9.66. The maximum absolute atomic E-state index is 13.0. The molecule has 46 heavy (non-hydrogen) atoms. The van der Waals surface area contributed by atoms with Crippen LogP contribution < -0.4 is 14.8 Å². The molecule has 1 saturated heterocycles. The normalized spacial score (nSPS) is 20.3. The van der Waals surface area contributed by atoms with Crippen molar-refractivity contribution >= 4 is 41.4 Å². The molecule has 3 rings (SSSR count). The fourth-order valence-electron chi connectivity index (χ4n) is 4.42. The van der Waals surface area contributed by atoms with Crippen molar-refractivity contribution in [3.05, 3.63) is 53.6 Å². The third-order valence-corrected chi connectivity index (χ3v) is 6.27. The van der Waals surface area contributed by atoms with Crippen molar-refractivity contribution in [2.75, 3.05) is 25.6 Å². The van der Waals surface area contributed by atoms with Crippen LogP contribution in [0.4, 0.5) is 5.69 Å². The molecule has 0 unspecified atom stereocenters.